The zero-order chi connectivity index (χ0) is 27.2. The van der Waals surface area contributed by atoms with E-state index in [0.717, 1.165) is 11.1 Å². The van der Waals surface area contributed by atoms with Crippen LogP contribution in [0.4, 0.5) is 0 Å². The number of hydrogen-bond donors (Lipinski definition) is 0. The highest BCUT2D eigenvalue weighted by molar-refractivity contribution is 7.90. The molecule has 0 unspecified atom stereocenters. The van der Waals surface area contributed by atoms with Crippen LogP contribution in [-0.4, -0.2) is 35.6 Å². The largest absolute Gasteiger partial charge is 0.485 e. The number of allylic oxidation sites excluding steroid dienone is 1. The van der Waals surface area contributed by atoms with Gasteiger partial charge in [-0.15, -0.1) is 0 Å². The highest BCUT2D eigenvalue weighted by atomic mass is 35.5. The van der Waals surface area contributed by atoms with Crippen molar-refractivity contribution in [3.63, 3.8) is 0 Å². The molecule has 0 saturated carbocycles. The third kappa shape index (κ3) is 5.27. The molecule has 0 N–H and O–H groups in total. The van der Waals surface area contributed by atoms with Gasteiger partial charge in [-0.25, -0.2) is 13.4 Å². The van der Waals surface area contributed by atoms with E-state index in [1.807, 2.05) is 54.8 Å². The van der Waals surface area contributed by atoms with Crippen LogP contribution < -0.4 is 0 Å². The van der Waals surface area contributed by atoms with Crippen molar-refractivity contribution in [2.24, 2.45) is 0 Å². The average molecular weight is 567 g/mol. The van der Waals surface area contributed by atoms with Crippen LogP contribution in [0.15, 0.2) is 83.9 Å². The number of sulfone groups is 1. The van der Waals surface area contributed by atoms with Crippen LogP contribution in [-0.2, 0) is 19.4 Å². The standard InChI is InChI=1S/C29H24Cl2N2O4S/c1-29(2)16-20(34)15-27(37-29)25-17-33(28(32-25)22-9-4-5-10-23(22)30)26-12-11-19(14-24(26)31)18-7-6-8-21(13-18)38(3,35)36/h4-15,17H,16H2,1-3H3. The molecule has 0 bridgehead atoms. The van der Waals surface area contributed by atoms with Gasteiger partial charge >= 0.3 is 0 Å². The monoisotopic (exact) mass is 566 g/mol. The summed E-state index contributed by atoms with van der Waals surface area (Å²) in [6.07, 6.45) is 4.69. The smallest absolute Gasteiger partial charge is 0.175 e. The summed E-state index contributed by atoms with van der Waals surface area (Å²) in [4.78, 5) is 17.4. The predicted octanol–water partition coefficient (Wildman–Crippen LogP) is 7.03. The van der Waals surface area contributed by atoms with E-state index in [1.165, 1.54) is 12.3 Å². The second-order valence-corrected chi connectivity index (χ2v) is 12.6. The summed E-state index contributed by atoms with van der Waals surface area (Å²) in [7, 11) is -3.35. The topological polar surface area (TPSA) is 78.3 Å². The summed E-state index contributed by atoms with van der Waals surface area (Å²) < 4.78 is 32.0. The molecule has 194 valence electrons. The van der Waals surface area contributed by atoms with Gasteiger partial charge in [0.2, 0.25) is 0 Å². The molecule has 6 nitrogen and oxygen atoms in total. The SMILES string of the molecule is CC1(C)CC(=O)C=C(c2cn(-c3ccc(-c4cccc(S(C)(=O)=O)c4)cc3Cl)c(-c3ccccc3Cl)n2)O1. The van der Waals surface area contributed by atoms with Crippen LogP contribution in [0, 0.1) is 0 Å². The van der Waals surface area contributed by atoms with Crippen LogP contribution >= 0.6 is 23.2 Å². The van der Waals surface area contributed by atoms with Crippen molar-refractivity contribution < 1.29 is 17.9 Å². The predicted molar refractivity (Wildman–Crippen MR) is 150 cm³/mol. The molecule has 38 heavy (non-hydrogen) atoms. The lowest BCUT2D eigenvalue weighted by molar-refractivity contribution is -0.119. The molecule has 0 fully saturated rings. The van der Waals surface area contributed by atoms with Crippen LogP contribution in [0.5, 0.6) is 0 Å². The number of ether oxygens (including phenoxy) is 1. The Bertz CT molecular complexity index is 1720. The van der Waals surface area contributed by atoms with Crippen molar-refractivity contribution in [2.75, 3.05) is 6.26 Å². The fraction of sp³-hybridized carbons (Fsp3) is 0.172. The molecule has 0 radical (unpaired) electrons. The van der Waals surface area contributed by atoms with Gasteiger partial charge in [-0.05, 0) is 61.4 Å². The number of rotatable bonds is 5. The van der Waals surface area contributed by atoms with Gasteiger partial charge in [-0.3, -0.25) is 9.36 Å². The maximum absolute atomic E-state index is 12.4. The molecule has 1 aliphatic rings. The van der Waals surface area contributed by atoms with Crippen molar-refractivity contribution in [1.29, 1.82) is 0 Å². The first-order chi connectivity index (χ1) is 17.9. The molecular formula is C29H24Cl2N2O4S. The normalized spacial score (nSPS) is 15.2. The Labute approximate surface area is 231 Å². The molecule has 5 rings (SSSR count). The lowest BCUT2D eigenvalue weighted by Crippen LogP contribution is -2.30. The minimum absolute atomic E-state index is 0.0381. The van der Waals surface area contributed by atoms with E-state index < -0.39 is 15.4 Å². The Kier molecular flexibility index (Phi) is 6.71. The number of halogens is 2. The number of hydrogen-bond acceptors (Lipinski definition) is 5. The minimum Gasteiger partial charge on any atom is -0.485 e. The first-order valence-electron chi connectivity index (χ1n) is 11.8. The van der Waals surface area contributed by atoms with E-state index in [1.54, 1.807) is 36.5 Å². The van der Waals surface area contributed by atoms with E-state index in [-0.39, 0.29) is 17.1 Å². The highest BCUT2D eigenvalue weighted by Gasteiger charge is 2.31. The van der Waals surface area contributed by atoms with Gasteiger partial charge in [0.05, 0.1) is 20.6 Å². The fourth-order valence-electron chi connectivity index (χ4n) is 4.41. The number of ketones is 1. The summed E-state index contributed by atoms with van der Waals surface area (Å²) in [6.45, 7) is 3.72. The maximum Gasteiger partial charge on any atom is 0.175 e. The minimum atomic E-state index is -3.35. The molecule has 4 aromatic rings. The van der Waals surface area contributed by atoms with Crippen LogP contribution in [0.1, 0.15) is 26.0 Å². The Morgan fingerprint density at radius 1 is 0.947 bits per heavy atom. The van der Waals surface area contributed by atoms with Gasteiger partial charge in [0.25, 0.3) is 0 Å². The van der Waals surface area contributed by atoms with E-state index in [9.17, 15) is 13.2 Å². The Morgan fingerprint density at radius 3 is 2.37 bits per heavy atom. The number of aromatic nitrogens is 2. The zero-order valence-electron chi connectivity index (χ0n) is 20.9. The molecule has 2 heterocycles. The molecular weight excluding hydrogens is 543 g/mol. The second-order valence-electron chi connectivity index (χ2n) is 9.78. The van der Waals surface area contributed by atoms with Gasteiger partial charge in [0, 0.05) is 30.5 Å². The number of benzene rings is 3. The lowest BCUT2D eigenvalue weighted by atomic mass is 9.98. The molecule has 1 aromatic heterocycles. The van der Waals surface area contributed by atoms with E-state index in [0.29, 0.717) is 38.6 Å². The number of imidazole rings is 1. The van der Waals surface area contributed by atoms with Gasteiger partial charge in [-0.2, -0.15) is 0 Å². The summed E-state index contributed by atoms with van der Waals surface area (Å²) in [5.74, 6) is 0.868. The molecule has 9 heteroatoms. The van der Waals surface area contributed by atoms with Crippen molar-refractivity contribution in [1.82, 2.24) is 9.55 Å². The van der Waals surface area contributed by atoms with Gasteiger partial charge in [0.15, 0.2) is 21.4 Å². The molecule has 0 spiro atoms. The number of carbonyl (C=O) groups excluding carboxylic acids is 1. The molecule has 0 saturated heterocycles. The third-order valence-corrected chi connectivity index (χ3v) is 7.90. The summed E-state index contributed by atoms with van der Waals surface area (Å²) in [6, 6.07) is 19.5. The van der Waals surface area contributed by atoms with Crippen LogP contribution in [0.25, 0.3) is 34.0 Å². The molecule has 3 aromatic carbocycles. The summed E-state index contributed by atoms with van der Waals surface area (Å²) >= 11 is 13.3. The van der Waals surface area contributed by atoms with Crippen molar-refractivity contribution in [3.05, 3.63) is 94.7 Å². The second kappa shape index (κ2) is 9.73. The van der Waals surface area contributed by atoms with Crippen LogP contribution in [0.3, 0.4) is 0 Å². The van der Waals surface area contributed by atoms with Crippen LogP contribution in [0.2, 0.25) is 10.0 Å². The van der Waals surface area contributed by atoms with E-state index in [4.69, 9.17) is 32.9 Å². The number of nitrogens with zero attached hydrogens (tertiary/aromatic N) is 2. The molecule has 0 aliphatic carbocycles. The number of carbonyl (C=O) groups is 1. The lowest BCUT2D eigenvalue weighted by Gasteiger charge is -2.29. The zero-order valence-corrected chi connectivity index (χ0v) is 23.2. The Morgan fingerprint density at radius 2 is 1.68 bits per heavy atom. The van der Waals surface area contributed by atoms with Crippen molar-refractivity contribution in [2.45, 2.75) is 30.8 Å². The van der Waals surface area contributed by atoms with Crippen molar-refractivity contribution in [3.8, 4) is 28.2 Å². The summed E-state index contributed by atoms with van der Waals surface area (Å²) in [5.41, 5.74) is 2.61. The Balaban J connectivity index is 1.64. The van der Waals surface area contributed by atoms with Gasteiger partial charge in [-0.1, -0.05) is 53.5 Å². The maximum atomic E-state index is 12.4. The molecule has 1 aliphatic heterocycles. The third-order valence-electron chi connectivity index (χ3n) is 6.15. The average Bonchev–Trinajstić information content (AvgIpc) is 3.27. The van der Waals surface area contributed by atoms with Gasteiger partial charge < -0.3 is 4.74 Å². The fourth-order valence-corrected chi connectivity index (χ4v) is 5.57. The highest BCUT2D eigenvalue weighted by Crippen LogP contribution is 2.37. The molecule has 0 atom stereocenters. The quantitative estimate of drug-likeness (QED) is 0.259. The van der Waals surface area contributed by atoms with E-state index in [2.05, 4.69) is 0 Å². The first kappa shape index (κ1) is 26.2. The van der Waals surface area contributed by atoms with Crippen molar-refractivity contribution >= 4 is 44.6 Å². The summed E-state index contributed by atoms with van der Waals surface area (Å²) in [5, 5.41) is 0.922. The molecule has 0 amide bonds. The first-order valence-corrected chi connectivity index (χ1v) is 14.4. The van der Waals surface area contributed by atoms with Gasteiger partial charge in [0.1, 0.15) is 17.1 Å². The Hall–Kier alpha value is -3.39. The van der Waals surface area contributed by atoms with E-state index >= 15 is 0 Å².